The quantitative estimate of drug-likeness (QED) is 0.777. The number of hydrogen-bond donors (Lipinski definition) is 1. The van der Waals surface area contributed by atoms with Gasteiger partial charge in [-0.25, -0.2) is 4.98 Å². The van der Waals surface area contributed by atoms with Gasteiger partial charge < -0.3 is 9.84 Å². The van der Waals surface area contributed by atoms with Crippen LogP contribution in [0.5, 0.6) is 0 Å². The molecule has 8 heteroatoms. The smallest absolute Gasteiger partial charge is 0.227 e. The van der Waals surface area contributed by atoms with Gasteiger partial charge in [0.2, 0.25) is 17.6 Å². The number of pyridine rings is 1. The zero-order valence-electron chi connectivity index (χ0n) is 11.8. The predicted octanol–water partition coefficient (Wildman–Crippen LogP) is 2.47. The van der Waals surface area contributed by atoms with E-state index in [1.165, 1.54) is 11.3 Å². The molecule has 0 saturated carbocycles. The van der Waals surface area contributed by atoms with Gasteiger partial charge in [0.05, 0.1) is 0 Å². The summed E-state index contributed by atoms with van der Waals surface area (Å²) in [5, 5.41) is 7.22. The number of carbonyl (C=O) groups excluding carboxylic acids is 1. The van der Waals surface area contributed by atoms with E-state index in [1.54, 1.807) is 24.7 Å². The van der Waals surface area contributed by atoms with Gasteiger partial charge in [0.15, 0.2) is 5.13 Å². The summed E-state index contributed by atoms with van der Waals surface area (Å²) in [6, 6.07) is 3.65. The van der Waals surface area contributed by atoms with Crippen molar-refractivity contribution in [2.24, 2.45) is 0 Å². The van der Waals surface area contributed by atoms with Crippen LogP contribution in [-0.4, -0.2) is 26.0 Å². The zero-order valence-corrected chi connectivity index (χ0v) is 12.6. The molecule has 3 aromatic heterocycles. The highest BCUT2D eigenvalue weighted by Gasteiger charge is 2.11. The van der Waals surface area contributed by atoms with E-state index in [4.69, 9.17) is 4.52 Å². The predicted molar refractivity (Wildman–Crippen MR) is 81.3 cm³/mol. The number of anilines is 1. The third-order valence-electron chi connectivity index (χ3n) is 2.82. The Kier molecular flexibility index (Phi) is 4.19. The van der Waals surface area contributed by atoms with Crippen LogP contribution < -0.4 is 5.32 Å². The van der Waals surface area contributed by atoms with Crippen LogP contribution in [0, 0.1) is 6.92 Å². The van der Waals surface area contributed by atoms with Gasteiger partial charge in [-0.1, -0.05) is 5.16 Å². The molecule has 0 unspecified atom stereocenters. The Morgan fingerprint density at radius 3 is 3.05 bits per heavy atom. The lowest BCUT2D eigenvalue weighted by Gasteiger charge is -1.98. The van der Waals surface area contributed by atoms with E-state index in [-0.39, 0.29) is 12.3 Å². The topological polar surface area (TPSA) is 93.8 Å². The molecule has 0 aromatic carbocycles. The Balaban J connectivity index is 1.56. The van der Waals surface area contributed by atoms with Crippen molar-refractivity contribution in [1.82, 2.24) is 20.1 Å². The second-order valence-corrected chi connectivity index (χ2v) is 5.81. The number of thiazole rings is 1. The Hall–Kier alpha value is -2.61. The van der Waals surface area contributed by atoms with Gasteiger partial charge in [0, 0.05) is 41.9 Å². The van der Waals surface area contributed by atoms with Crippen molar-refractivity contribution < 1.29 is 9.32 Å². The van der Waals surface area contributed by atoms with Gasteiger partial charge >= 0.3 is 0 Å². The van der Waals surface area contributed by atoms with Gasteiger partial charge in [0.1, 0.15) is 0 Å². The van der Waals surface area contributed by atoms with E-state index < -0.39 is 0 Å². The SMILES string of the molecule is Cc1cnc(NC(=O)CCc2nc(-c3cccnc3)no2)s1. The van der Waals surface area contributed by atoms with Gasteiger partial charge in [0.25, 0.3) is 0 Å². The zero-order chi connectivity index (χ0) is 15.4. The summed E-state index contributed by atoms with van der Waals surface area (Å²) in [5.41, 5.74) is 0.778. The number of carbonyl (C=O) groups is 1. The normalized spacial score (nSPS) is 10.6. The summed E-state index contributed by atoms with van der Waals surface area (Å²) in [5.74, 6) is 0.763. The molecule has 0 spiro atoms. The lowest BCUT2D eigenvalue weighted by molar-refractivity contribution is -0.116. The largest absolute Gasteiger partial charge is 0.339 e. The minimum atomic E-state index is -0.129. The molecule has 0 fully saturated rings. The van der Waals surface area contributed by atoms with Crippen LogP contribution in [0.4, 0.5) is 5.13 Å². The molecular formula is C14H13N5O2S. The fourth-order valence-corrected chi connectivity index (χ4v) is 2.46. The molecule has 0 radical (unpaired) electrons. The van der Waals surface area contributed by atoms with E-state index >= 15 is 0 Å². The summed E-state index contributed by atoms with van der Waals surface area (Å²) in [6.07, 6.45) is 5.69. The maximum atomic E-state index is 11.8. The van der Waals surface area contributed by atoms with E-state index in [9.17, 15) is 4.79 Å². The molecular weight excluding hydrogens is 302 g/mol. The lowest BCUT2D eigenvalue weighted by Crippen LogP contribution is -2.12. The number of nitrogens with zero attached hydrogens (tertiary/aromatic N) is 4. The van der Waals surface area contributed by atoms with E-state index in [0.29, 0.717) is 23.3 Å². The molecule has 0 atom stereocenters. The molecule has 0 aliphatic heterocycles. The van der Waals surface area contributed by atoms with Crippen LogP contribution >= 0.6 is 11.3 Å². The van der Waals surface area contributed by atoms with Gasteiger partial charge in [-0.15, -0.1) is 11.3 Å². The first-order chi connectivity index (χ1) is 10.7. The fourth-order valence-electron chi connectivity index (χ4n) is 1.78. The fraction of sp³-hybridized carbons (Fsp3) is 0.214. The first kappa shape index (κ1) is 14.3. The average molecular weight is 315 g/mol. The van der Waals surface area contributed by atoms with Crippen LogP contribution in [0.25, 0.3) is 11.4 Å². The summed E-state index contributed by atoms with van der Waals surface area (Å²) in [7, 11) is 0. The molecule has 0 aliphatic rings. The minimum Gasteiger partial charge on any atom is -0.339 e. The summed E-state index contributed by atoms with van der Waals surface area (Å²) in [6.45, 7) is 1.94. The molecule has 1 N–H and O–H groups in total. The summed E-state index contributed by atoms with van der Waals surface area (Å²) in [4.78, 5) is 25.2. The number of nitrogens with one attached hydrogen (secondary N) is 1. The molecule has 0 saturated heterocycles. The molecule has 3 rings (SSSR count). The van der Waals surface area contributed by atoms with Gasteiger partial charge in [-0.05, 0) is 19.1 Å². The Labute approximate surface area is 130 Å². The van der Waals surface area contributed by atoms with Crippen molar-refractivity contribution in [2.75, 3.05) is 5.32 Å². The number of aryl methyl sites for hydroxylation is 2. The molecule has 1 amide bonds. The molecule has 0 bridgehead atoms. The van der Waals surface area contributed by atoms with Gasteiger partial charge in [-0.3, -0.25) is 9.78 Å². The Bertz CT molecular complexity index is 768. The average Bonchev–Trinajstić information content (AvgIpc) is 3.15. The monoisotopic (exact) mass is 315 g/mol. The van der Waals surface area contributed by atoms with Crippen LogP contribution in [0.3, 0.4) is 0 Å². The standard InChI is InChI=1S/C14H13N5O2S/c1-9-7-16-14(22-9)17-11(20)4-5-12-18-13(19-21-12)10-3-2-6-15-8-10/h2-3,6-8H,4-5H2,1H3,(H,16,17,20). The van der Waals surface area contributed by atoms with Crippen molar-refractivity contribution in [3.05, 3.63) is 41.5 Å². The highest BCUT2D eigenvalue weighted by molar-refractivity contribution is 7.15. The third kappa shape index (κ3) is 3.53. The first-order valence-corrected chi connectivity index (χ1v) is 7.47. The van der Waals surface area contributed by atoms with Crippen molar-refractivity contribution >= 4 is 22.4 Å². The van der Waals surface area contributed by atoms with Crippen molar-refractivity contribution in [3.63, 3.8) is 0 Å². The number of rotatable bonds is 5. The first-order valence-electron chi connectivity index (χ1n) is 6.66. The second-order valence-electron chi connectivity index (χ2n) is 4.58. The van der Waals surface area contributed by atoms with Crippen LogP contribution in [-0.2, 0) is 11.2 Å². The number of hydrogen-bond acceptors (Lipinski definition) is 7. The Morgan fingerprint density at radius 1 is 1.41 bits per heavy atom. The van der Waals surface area contributed by atoms with Crippen LogP contribution in [0.1, 0.15) is 17.2 Å². The Morgan fingerprint density at radius 2 is 2.32 bits per heavy atom. The van der Waals surface area contributed by atoms with E-state index in [0.717, 1.165) is 10.4 Å². The second kappa shape index (κ2) is 6.44. The van der Waals surface area contributed by atoms with Crippen LogP contribution in [0.2, 0.25) is 0 Å². The van der Waals surface area contributed by atoms with E-state index in [1.807, 2.05) is 13.0 Å². The number of amides is 1. The molecule has 3 heterocycles. The van der Waals surface area contributed by atoms with Crippen molar-refractivity contribution in [2.45, 2.75) is 19.8 Å². The minimum absolute atomic E-state index is 0.129. The third-order valence-corrected chi connectivity index (χ3v) is 3.65. The van der Waals surface area contributed by atoms with E-state index in [2.05, 4.69) is 25.4 Å². The van der Waals surface area contributed by atoms with Crippen molar-refractivity contribution in [3.8, 4) is 11.4 Å². The van der Waals surface area contributed by atoms with Gasteiger partial charge in [-0.2, -0.15) is 4.98 Å². The molecule has 0 aliphatic carbocycles. The molecule has 22 heavy (non-hydrogen) atoms. The van der Waals surface area contributed by atoms with Crippen LogP contribution in [0.15, 0.2) is 35.2 Å². The molecule has 7 nitrogen and oxygen atoms in total. The number of aromatic nitrogens is 4. The molecule has 112 valence electrons. The highest BCUT2D eigenvalue weighted by Crippen LogP contribution is 2.17. The molecule has 3 aromatic rings. The lowest BCUT2D eigenvalue weighted by atomic mass is 10.2. The maximum absolute atomic E-state index is 11.8. The van der Waals surface area contributed by atoms with Crippen molar-refractivity contribution in [1.29, 1.82) is 0 Å². The maximum Gasteiger partial charge on any atom is 0.227 e. The summed E-state index contributed by atoms with van der Waals surface area (Å²) < 4.78 is 5.14. The highest BCUT2D eigenvalue weighted by atomic mass is 32.1. The summed E-state index contributed by atoms with van der Waals surface area (Å²) >= 11 is 1.44.